The SMILES string of the molecule is COc1ccc2c(-c3nccs3)c(OC)ccc2c1-c1nccs1. The Kier molecular flexibility index (Phi) is 3.92. The molecule has 2 aromatic heterocycles. The number of nitrogens with zero attached hydrogens (tertiary/aromatic N) is 2. The summed E-state index contributed by atoms with van der Waals surface area (Å²) in [5, 5.41) is 7.98. The van der Waals surface area contributed by atoms with Crippen LogP contribution in [0.1, 0.15) is 0 Å². The maximum Gasteiger partial charge on any atom is 0.129 e. The molecule has 2 heterocycles. The first-order valence-electron chi connectivity index (χ1n) is 7.31. The van der Waals surface area contributed by atoms with Crippen molar-refractivity contribution in [2.45, 2.75) is 0 Å². The highest BCUT2D eigenvalue weighted by Crippen LogP contribution is 2.44. The van der Waals surface area contributed by atoms with Crippen LogP contribution in [0.3, 0.4) is 0 Å². The van der Waals surface area contributed by atoms with Crippen LogP contribution in [0.4, 0.5) is 0 Å². The predicted molar refractivity (Wildman–Crippen MR) is 99.3 cm³/mol. The fourth-order valence-electron chi connectivity index (χ4n) is 2.84. The van der Waals surface area contributed by atoms with Crippen LogP contribution in [0.25, 0.3) is 31.9 Å². The summed E-state index contributed by atoms with van der Waals surface area (Å²) in [7, 11) is 3.37. The molecular formula is C18H14N2O2S2. The number of ether oxygens (including phenoxy) is 2. The molecule has 6 heteroatoms. The lowest BCUT2D eigenvalue weighted by Crippen LogP contribution is -1.93. The molecule has 0 aliphatic rings. The highest BCUT2D eigenvalue weighted by Gasteiger charge is 2.19. The third kappa shape index (κ3) is 2.35. The van der Waals surface area contributed by atoms with Crippen molar-refractivity contribution >= 4 is 33.4 Å². The van der Waals surface area contributed by atoms with Crippen LogP contribution >= 0.6 is 22.7 Å². The highest BCUT2D eigenvalue weighted by molar-refractivity contribution is 7.13. The molecule has 0 atom stereocenters. The summed E-state index contributed by atoms with van der Waals surface area (Å²) >= 11 is 3.20. The Morgan fingerprint density at radius 1 is 0.708 bits per heavy atom. The van der Waals surface area contributed by atoms with E-state index in [4.69, 9.17) is 9.47 Å². The molecule has 0 saturated carbocycles. The maximum atomic E-state index is 5.59. The van der Waals surface area contributed by atoms with Crippen molar-refractivity contribution in [1.82, 2.24) is 9.97 Å². The quantitative estimate of drug-likeness (QED) is 0.511. The zero-order valence-corrected chi connectivity index (χ0v) is 14.8. The van der Waals surface area contributed by atoms with E-state index in [0.717, 1.165) is 43.4 Å². The largest absolute Gasteiger partial charge is 0.496 e. The molecule has 0 radical (unpaired) electrons. The van der Waals surface area contributed by atoms with Gasteiger partial charge in [-0.25, -0.2) is 9.97 Å². The van der Waals surface area contributed by atoms with Gasteiger partial charge < -0.3 is 9.47 Å². The van der Waals surface area contributed by atoms with E-state index in [1.165, 1.54) is 0 Å². The van der Waals surface area contributed by atoms with Gasteiger partial charge in [0.15, 0.2) is 0 Å². The second-order valence-corrected chi connectivity index (χ2v) is 6.84. The summed E-state index contributed by atoms with van der Waals surface area (Å²) in [4.78, 5) is 8.95. The lowest BCUT2D eigenvalue weighted by atomic mass is 9.98. The van der Waals surface area contributed by atoms with Crippen LogP contribution < -0.4 is 9.47 Å². The van der Waals surface area contributed by atoms with Crippen LogP contribution in [0.5, 0.6) is 11.5 Å². The van der Waals surface area contributed by atoms with E-state index in [2.05, 4.69) is 22.1 Å². The molecule has 4 rings (SSSR count). The number of thiazole rings is 2. The Labute approximate surface area is 147 Å². The van der Waals surface area contributed by atoms with Crippen LogP contribution in [0, 0.1) is 0 Å². The smallest absolute Gasteiger partial charge is 0.129 e. The van der Waals surface area contributed by atoms with Crippen LogP contribution in [-0.2, 0) is 0 Å². The Morgan fingerprint density at radius 2 is 1.17 bits per heavy atom. The molecule has 0 fully saturated rings. The van der Waals surface area contributed by atoms with Gasteiger partial charge in [-0.05, 0) is 35.0 Å². The fourth-order valence-corrected chi connectivity index (χ4v) is 4.24. The number of hydrogen-bond donors (Lipinski definition) is 0. The highest BCUT2D eigenvalue weighted by atomic mass is 32.1. The number of methoxy groups -OCH3 is 2. The molecule has 0 saturated heterocycles. The Bertz CT molecular complexity index is 899. The van der Waals surface area contributed by atoms with Crippen molar-refractivity contribution in [3.8, 4) is 32.6 Å². The van der Waals surface area contributed by atoms with Gasteiger partial charge in [-0.15, -0.1) is 22.7 Å². The summed E-state index contributed by atoms with van der Waals surface area (Å²) in [6, 6.07) is 8.08. The van der Waals surface area contributed by atoms with Crippen molar-refractivity contribution in [3.05, 3.63) is 47.4 Å². The number of hydrogen-bond acceptors (Lipinski definition) is 6. The van der Waals surface area contributed by atoms with E-state index >= 15 is 0 Å². The van der Waals surface area contributed by atoms with Crippen molar-refractivity contribution in [1.29, 1.82) is 0 Å². The van der Waals surface area contributed by atoms with Crippen LogP contribution in [0.15, 0.2) is 47.4 Å². The molecule has 24 heavy (non-hydrogen) atoms. The summed E-state index contributed by atoms with van der Waals surface area (Å²) in [6.07, 6.45) is 3.62. The van der Waals surface area contributed by atoms with Gasteiger partial charge in [0.25, 0.3) is 0 Å². The normalized spacial score (nSPS) is 10.9. The van der Waals surface area contributed by atoms with Gasteiger partial charge in [-0.3, -0.25) is 0 Å². The van der Waals surface area contributed by atoms with Gasteiger partial charge in [0, 0.05) is 23.2 Å². The van der Waals surface area contributed by atoms with Crippen molar-refractivity contribution < 1.29 is 9.47 Å². The average Bonchev–Trinajstić information content (AvgIpc) is 3.33. The Balaban J connectivity index is 2.11. The molecular weight excluding hydrogens is 340 g/mol. The molecule has 2 aromatic carbocycles. The zero-order chi connectivity index (χ0) is 16.5. The van der Waals surface area contributed by atoms with Crippen molar-refractivity contribution in [2.24, 2.45) is 0 Å². The summed E-state index contributed by atoms with van der Waals surface area (Å²) in [5.41, 5.74) is 2.01. The monoisotopic (exact) mass is 354 g/mol. The van der Waals surface area contributed by atoms with E-state index in [0.29, 0.717) is 0 Å². The summed E-state index contributed by atoms with van der Waals surface area (Å²) in [5.74, 6) is 1.63. The topological polar surface area (TPSA) is 44.2 Å². The molecule has 0 unspecified atom stereocenters. The number of benzene rings is 2. The van der Waals surface area contributed by atoms with E-state index < -0.39 is 0 Å². The summed E-state index contributed by atoms with van der Waals surface area (Å²) in [6.45, 7) is 0. The maximum absolute atomic E-state index is 5.59. The van der Waals surface area contributed by atoms with E-state index in [-0.39, 0.29) is 0 Å². The minimum Gasteiger partial charge on any atom is -0.496 e. The average molecular weight is 354 g/mol. The molecule has 120 valence electrons. The molecule has 0 aliphatic carbocycles. The molecule has 0 spiro atoms. The number of aromatic nitrogens is 2. The first kappa shape index (κ1) is 15.1. The Morgan fingerprint density at radius 3 is 1.50 bits per heavy atom. The summed E-state index contributed by atoms with van der Waals surface area (Å²) < 4.78 is 11.2. The number of fused-ring (bicyclic) bond motifs is 1. The van der Waals surface area contributed by atoms with E-state index in [1.54, 1.807) is 36.9 Å². The second kappa shape index (κ2) is 6.22. The lowest BCUT2D eigenvalue weighted by molar-refractivity contribution is 0.416. The molecule has 4 aromatic rings. The molecule has 0 amide bonds. The lowest BCUT2D eigenvalue weighted by Gasteiger charge is -2.14. The fraction of sp³-hybridized carbons (Fsp3) is 0.111. The second-order valence-electron chi connectivity index (χ2n) is 5.06. The van der Waals surface area contributed by atoms with Gasteiger partial charge in [-0.1, -0.05) is 0 Å². The van der Waals surface area contributed by atoms with Gasteiger partial charge in [-0.2, -0.15) is 0 Å². The Hall–Kier alpha value is -2.44. The van der Waals surface area contributed by atoms with Crippen LogP contribution in [0.2, 0.25) is 0 Å². The standard InChI is InChI=1S/C18H14N2O2S2/c1-21-13-5-3-12-11(15(13)17-19-7-9-23-17)4-6-14(22-2)16(12)18-20-8-10-24-18/h3-10H,1-2H3. The molecule has 0 N–H and O–H groups in total. The van der Waals surface area contributed by atoms with Crippen molar-refractivity contribution in [3.63, 3.8) is 0 Å². The number of rotatable bonds is 4. The van der Waals surface area contributed by atoms with E-state index in [1.807, 2.05) is 35.3 Å². The predicted octanol–water partition coefficient (Wildman–Crippen LogP) is 5.10. The van der Waals surface area contributed by atoms with Gasteiger partial charge in [0.1, 0.15) is 21.5 Å². The van der Waals surface area contributed by atoms with Gasteiger partial charge in [0.2, 0.25) is 0 Å². The van der Waals surface area contributed by atoms with Crippen LogP contribution in [-0.4, -0.2) is 24.2 Å². The van der Waals surface area contributed by atoms with Gasteiger partial charge >= 0.3 is 0 Å². The minimum absolute atomic E-state index is 0.813. The molecule has 0 bridgehead atoms. The van der Waals surface area contributed by atoms with Gasteiger partial charge in [0.05, 0.1) is 25.3 Å². The first-order valence-corrected chi connectivity index (χ1v) is 9.07. The zero-order valence-electron chi connectivity index (χ0n) is 13.1. The minimum atomic E-state index is 0.813. The molecule has 4 nitrogen and oxygen atoms in total. The third-order valence-electron chi connectivity index (χ3n) is 3.86. The van der Waals surface area contributed by atoms with Crippen molar-refractivity contribution in [2.75, 3.05) is 14.2 Å². The van der Waals surface area contributed by atoms with E-state index in [9.17, 15) is 0 Å². The molecule has 0 aliphatic heterocycles. The third-order valence-corrected chi connectivity index (χ3v) is 5.44. The first-order chi connectivity index (χ1) is 11.8.